The van der Waals surface area contributed by atoms with Crippen LogP contribution in [0.4, 0.5) is 17.5 Å². The molecule has 0 aliphatic carbocycles. The Hall–Kier alpha value is -2.34. The molecule has 3 heterocycles. The second-order valence-corrected chi connectivity index (χ2v) is 7.90. The van der Waals surface area contributed by atoms with E-state index in [1.165, 1.54) is 16.8 Å². The van der Waals surface area contributed by atoms with Crippen LogP contribution in [0.25, 0.3) is 0 Å². The van der Waals surface area contributed by atoms with E-state index < -0.39 is 0 Å². The zero-order valence-electron chi connectivity index (χ0n) is 17.2. The van der Waals surface area contributed by atoms with Crippen molar-refractivity contribution in [2.75, 3.05) is 54.4 Å². The van der Waals surface area contributed by atoms with Crippen molar-refractivity contribution in [3.8, 4) is 0 Å². The molecule has 1 aromatic carbocycles. The van der Waals surface area contributed by atoms with Gasteiger partial charge in [-0.05, 0) is 50.8 Å². The van der Waals surface area contributed by atoms with Gasteiger partial charge in [0.15, 0.2) is 0 Å². The third-order valence-corrected chi connectivity index (χ3v) is 5.87. The van der Waals surface area contributed by atoms with Gasteiger partial charge in [-0.1, -0.05) is 12.1 Å². The maximum Gasteiger partial charge on any atom is 0.224 e. The van der Waals surface area contributed by atoms with Crippen molar-refractivity contribution in [1.29, 1.82) is 0 Å². The zero-order chi connectivity index (χ0) is 19.5. The van der Waals surface area contributed by atoms with Crippen LogP contribution in [0.2, 0.25) is 0 Å². The van der Waals surface area contributed by atoms with Crippen LogP contribution in [0.5, 0.6) is 0 Å². The monoisotopic (exact) mass is 381 g/mol. The molecule has 2 fully saturated rings. The summed E-state index contributed by atoms with van der Waals surface area (Å²) in [4.78, 5) is 14.2. The molecule has 0 bridgehead atoms. The average molecular weight is 382 g/mol. The van der Waals surface area contributed by atoms with E-state index >= 15 is 0 Å². The predicted molar refractivity (Wildman–Crippen MR) is 115 cm³/mol. The first-order valence-corrected chi connectivity index (χ1v) is 10.4. The van der Waals surface area contributed by atoms with Gasteiger partial charge < -0.3 is 19.9 Å². The molecular formula is C22H31N5O. The molecule has 0 spiro atoms. The summed E-state index contributed by atoms with van der Waals surface area (Å²) in [6.45, 7) is 12.0. The molecule has 2 aromatic rings. The molecular weight excluding hydrogens is 350 g/mol. The van der Waals surface area contributed by atoms with Gasteiger partial charge in [0.2, 0.25) is 5.95 Å². The highest BCUT2D eigenvalue weighted by atomic mass is 16.5. The van der Waals surface area contributed by atoms with Crippen LogP contribution in [-0.4, -0.2) is 55.4 Å². The highest BCUT2D eigenvalue weighted by molar-refractivity contribution is 5.57. The molecule has 2 aliphatic heterocycles. The van der Waals surface area contributed by atoms with Crippen LogP contribution >= 0.6 is 0 Å². The van der Waals surface area contributed by atoms with E-state index in [0.717, 1.165) is 63.7 Å². The van der Waals surface area contributed by atoms with E-state index in [1.807, 2.05) is 6.92 Å². The Morgan fingerprint density at radius 2 is 1.86 bits per heavy atom. The molecule has 6 heteroatoms. The molecule has 6 nitrogen and oxygen atoms in total. The van der Waals surface area contributed by atoms with Gasteiger partial charge >= 0.3 is 0 Å². The normalized spacial score (nSPS) is 19.9. The predicted octanol–water partition coefficient (Wildman–Crippen LogP) is 3.32. The molecule has 4 rings (SSSR count). The fraction of sp³-hybridized carbons (Fsp3) is 0.545. The molecule has 0 radical (unpaired) electrons. The van der Waals surface area contributed by atoms with E-state index in [-0.39, 0.29) is 6.10 Å². The second kappa shape index (κ2) is 8.35. The smallest absolute Gasteiger partial charge is 0.224 e. The number of hydrogen-bond donors (Lipinski definition) is 1. The molecule has 1 atom stereocenters. The number of rotatable bonds is 5. The number of aromatic nitrogens is 2. The van der Waals surface area contributed by atoms with Gasteiger partial charge in [0, 0.05) is 56.8 Å². The van der Waals surface area contributed by atoms with E-state index in [2.05, 4.69) is 58.2 Å². The minimum Gasteiger partial charge on any atom is -0.376 e. The van der Waals surface area contributed by atoms with Crippen LogP contribution in [0.3, 0.4) is 0 Å². The first-order chi connectivity index (χ1) is 13.6. The molecule has 1 N–H and O–H groups in total. The molecule has 1 aromatic heterocycles. The Balaban J connectivity index is 1.40. The summed E-state index contributed by atoms with van der Waals surface area (Å²) in [6.07, 6.45) is 2.55. The molecule has 0 amide bonds. The minimum absolute atomic E-state index is 0.286. The van der Waals surface area contributed by atoms with E-state index in [4.69, 9.17) is 9.72 Å². The van der Waals surface area contributed by atoms with Crippen molar-refractivity contribution in [2.24, 2.45) is 0 Å². The van der Waals surface area contributed by atoms with Crippen LogP contribution in [0.15, 0.2) is 24.3 Å². The van der Waals surface area contributed by atoms with Crippen LogP contribution in [0.1, 0.15) is 29.7 Å². The fourth-order valence-corrected chi connectivity index (χ4v) is 4.06. The zero-order valence-corrected chi connectivity index (χ0v) is 17.2. The van der Waals surface area contributed by atoms with Crippen molar-refractivity contribution in [3.05, 3.63) is 41.1 Å². The Kier molecular flexibility index (Phi) is 5.67. The van der Waals surface area contributed by atoms with Crippen molar-refractivity contribution < 1.29 is 4.74 Å². The Labute approximate surface area is 167 Å². The first kappa shape index (κ1) is 19.0. The average Bonchev–Trinajstić information content (AvgIpc) is 3.22. The molecule has 150 valence electrons. The highest BCUT2D eigenvalue weighted by Gasteiger charge is 2.21. The number of nitrogens with one attached hydrogen (secondary N) is 1. The van der Waals surface area contributed by atoms with Gasteiger partial charge in [-0.25, -0.2) is 4.98 Å². The van der Waals surface area contributed by atoms with Gasteiger partial charge in [0.25, 0.3) is 0 Å². The fourth-order valence-electron chi connectivity index (χ4n) is 4.06. The summed E-state index contributed by atoms with van der Waals surface area (Å²) in [5.74, 6) is 1.73. The number of piperazine rings is 1. The summed E-state index contributed by atoms with van der Waals surface area (Å²) in [6, 6.07) is 8.67. The third kappa shape index (κ3) is 4.22. The lowest BCUT2D eigenvalue weighted by molar-refractivity contribution is 0.120. The van der Waals surface area contributed by atoms with Gasteiger partial charge in [-0.15, -0.1) is 0 Å². The first-order valence-electron chi connectivity index (χ1n) is 10.4. The Morgan fingerprint density at radius 1 is 1.07 bits per heavy atom. The van der Waals surface area contributed by atoms with Crippen molar-refractivity contribution in [1.82, 2.24) is 9.97 Å². The number of ether oxygens (including phenoxy) is 1. The van der Waals surface area contributed by atoms with Crippen LogP contribution in [-0.2, 0) is 4.74 Å². The molecule has 0 saturated carbocycles. The molecule has 28 heavy (non-hydrogen) atoms. The number of nitrogens with zero attached hydrogens (tertiary/aromatic N) is 4. The standard InChI is InChI=1S/C22H31N5O/c1-16-6-4-8-20(18(16)3)26-9-11-27(12-10-26)21-14-17(2)24-22(25-21)23-15-19-7-5-13-28-19/h4,6,8,14,19H,5,7,9-13,15H2,1-3H3,(H,23,24,25). The number of hydrogen-bond acceptors (Lipinski definition) is 6. The highest BCUT2D eigenvalue weighted by Crippen LogP contribution is 2.25. The van der Waals surface area contributed by atoms with Gasteiger partial charge in [0.1, 0.15) is 5.82 Å². The number of anilines is 3. The van der Waals surface area contributed by atoms with Gasteiger partial charge in [-0.2, -0.15) is 4.98 Å². The lowest BCUT2D eigenvalue weighted by atomic mass is 10.1. The molecule has 1 unspecified atom stereocenters. The van der Waals surface area contributed by atoms with E-state index in [1.54, 1.807) is 0 Å². The molecule has 2 aliphatic rings. The summed E-state index contributed by atoms with van der Waals surface area (Å²) in [5, 5.41) is 3.37. The van der Waals surface area contributed by atoms with Gasteiger partial charge in [-0.3, -0.25) is 0 Å². The molecule has 2 saturated heterocycles. The van der Waals surface area contributed by atoms with Crippen LogP contribution < -0.4 is 15.1 Å². The van der Waals surface area contributed by atoms with Gasteiger partial charge in [0.05, 0.1) is 6.10 Å². The number of aryl methyl sites for hydroxylation is 2. The summed E-state index contributed by atoms with van der Waals surface area (Å²) >= 11 is 0. The summed E-state index contributed by atoms with van der Waals surface area (Å²) in [7, 11) is 0. The van der Waals surface area contributed by atoms with E-state index in [0.29, 0.717) is 5.95 Å². The van der Waals surface area contributed by atoms with Crippen molar-refractivity contribution >= 4 is 17.5 Å². The lowest BCUT2D eigenvalue weighted by Crippen LogP contribution is -2.47. The van der Waals surface area contributed by atoms with Crippen molar-refractivity contribution in [2.45, 2.75) is 39.7 Å². The van der Waals surface area contributed by atoms with Crippen LogP contribution in [0, 0.1) is 20.8 Å². The number of benzene rings is 1. The minimum atomic E-state index is 0.286. The Bertz CT molecular complexity index is 811. The quantitative estimate of drug-likeness (QED) is 0.857. The maximum absolute atomic E-state index is 5.69. The third-order valence-electron chi connectivity index (χ3n) is 5.87. The summed E-state index contributed by atoms with van der Waals surface area (Å²) < 4.78 is 5.69. The maximum atomic E-state index is 5.69. The SMILES string of the molecule is Cc1cc(N2CCN(c3cccc(C)c3C)CC2)nc(NCC2CCCO2)n1. The topological polar surface area (TPSA) is 53.5 Å². The van der Waals surface area contributed by atoms with Crippen molar-refractivity contribution in [3.63, 3.8) is 0 Å². The largest absolute Gasteiger partial charge is 0.376 e. The summed E-state index contributed by atoms with van der Waals surface area (Å²) in [5.41, 5.74) is 5.09. The van der Waals surface area contributed by atoms with E-state index in [9.17, 15) is 0 Å². The Morgan fingerprint density at radius 3 is 2.61 bits per heavy atom. The second-order valence-electron chi connectivity index (χ2n) is 7.90. The lowest BCUT2D eigenvalue weighted by Gasteiger charge is -2.37.